The molecule has 0 bridgehead atoms. The molecule has 202 valence electrons. The molecule has 2 amide bonds. The number of aromatic nitrogens is 1. The van der Waals surface area contributed by atoms with E-state index in [4.69, 9.17) is 9.47 Å². The highest BCUT2D eigenvalue weighted by Gasteiger charge is 2.31. The minimum atomic E-state index is -4.77. The van der Waals surface area contributed by atoms with Gasteiger partial charge in [-0.05, 0) is 36.6 Å². The molecule has 2 heterocycles. The first kappa shape index (κ1) is 27.4. The Kier molecular flexibility index (Phi) is 8.85. The van der Waals surface area contributed by atoms with Crippen molar-refractivity contribution in [3.05, 3.63) is 64.6 Å². The average Bonchev–Trinajstić information content (AvgIpc) is 3.40. The minimum Gasteiger partial charge on any atom is -0.447 e. The van der Waals surface area contributed by atoms with Crippen LogP contribution in [0, 0.1) is 0 Å². The first-order chi connectivity index (χ1) is 18.2. The lowest BCUT2D eigenvalue weighted by Gasteiger charge is -2.30. The zero-order valence-corrected chi connectivity index (χ0v) is 21.3. The number of likely N-dealkylation sites (tertiary alicyclic amines) is 1. The highest BCUT2D eigenvalue weighted by Crippen LogP contribution is 2.33. The SMILES string of the molecule is COCCOC(=O)N1CCC(c2nc(C(=O)Nc3ccccc3-c3ccc(OC(F)(F)F)cc3)cs2)CC1. The van der Waals surface area contributed by atoms with Crippen LogP contribution in [0.5, 0.6) is 5.75 Å². The van der Waals surface area contributed by atoms with Crippen LogP contribution < -0.4 is 10.1 Å². The van der Waals surface area contributed by atoms with Gasteiger partial charge in [-0.3, -0.25) is 4.79 Å². The fraction of sp³-hybridized carbons (Fsp3) is 0.346. The minimum absolute atomic E-state index is 0.134. The normalized spacial score (nSPS) is 14.3. The number of thiazole rings is 1. The van der Waals surface area contributed by atoms with Gasteiger partial charge in [-0.25, -0.2) is 9.78 Å². The number of ether oxygens (including phenoxy) is 3. The Morgan fingerprint density at radius 2 is 1.79 bits per heavy atom. The fourth-order valence-electron chi connectivity index (χ4n) is 4.06. The van der Waals surface area contributed by atoms with Crippen molar-refractivity contribution in [3.63, 3.8) is 0 Å². The van der Waals surface area contributed by atoms with Crippen LogP contribution in [0.15, 0.2) is 53.9 Å². The van der Waals surface area contributed by atoms with Crippen LogP contribution in [0.4, 0.5) is 23.7 Å². The van der Waals surface area contributed by atoms with E-state index >= 15 is 0 Å². The molecule has 38 heavy (non-hydrogen) atoms. The average molecular weight is 550 g/mol. The molecule has 12 heteroatoms. The van der Waals surface area contributed by atoms with Crippen LogP contribution in [0.25, 0.3) is 11.1 Å². The maximum Gasteiger partial charge on any atom is 0.573 e. The van der Waals surface area contributed by atoms with Gasteiger partial charge in [0, 0.05) is 42.7 Å². The van der Waals surface area contributed by atoms with Gasteiger partial charge in [0.2, 0.25) is 0 Å². The van der Waals surface area contributed by atoms with E-state index in [1.807, 2.05) is 0 Å². The van der Waals surface area contributed by atoms with Gasteiger partial charge in [-0.1, -0.05) is 30.3 Å². The second-order valence-corrected chi connectivity index (χ2v) is 9.40. The predicted molar refractivity (Wildman–Crippen MR) is 135 cm³/mol. The first-order valence-electron chi connectivity index (χ1n) is 11.9. The molecule has 1 N–H and O–H groups in total. The predicted octanol–water partition coefficient (Wildman–Crippen LogP) is 5.92. The number of anilines is 1. The molecule has 1 saturated heterocycles. The van der Waals surface area contributed by atoms with E-state index in [2.05, 4.69) is 15.0 Å². The highest BCUT2D eigenvalue weighted by atomic mass is 32.1. The molecule has 0 unspecified atom stereocenters. The number of methoxy groups -OCH3 is 1. The van der Waals surface area contributed by atoms with Crippen molar-refractivity contribution in [1.29, 1.82) is 0 Å². The van der Waals surface area contributed by atoms with Gasteiger partial charge in [-0.15, -0.1) is 24.5 Å². The van der Waals surface area contributed by atoms with Crippen LogP contribution in [0.3, 0.4) is 0 Å². The summed E-state index contributed by atoms with van der Waals surface area (Å²) in [5.74, 6) is -0.586. The monoisotopic (exact) mass is 549 g/mol. The third-order valence-electron chi connectivity index (χ3n) is 5.94. The number of alkyl halides is 3. The lowest BCUT2D eigenvalue weighted by molar-refractivity contribution is -0.274. The summed E-state index contributed by atoms with van der Waals surface area (Å²) in [6.45, 7) is 1.64. The third kappa shape index (κ3) is 7.23. The molecule has 3 aromatic rings. The lowest BCUT2D eigenvalue weighted by Crippen LogP contribution is -2.38. The third-order valence-corrected chi connectivity index (χ3v) is 6.95. The molecular formula is C26H26F3N3O5S. The molecule has 1 aliphatic rings. The molecule has 0 spiro atoms. The maximum absolute atomic E-state index is 13.0. The molecule has 0 aliphatic carbocycles. The number of piperidine rings is 1. The van der Waals surface area contributed by atoms with E-state index in [-0.39, 0.29) is 30.1 Å². The number of benzene rings is 2. The largest absolute Gasteiger partial charge is 0.573 e. The van der Waals surface area contributed by atoms with Gasteiger partial charge in [0.25, 0.3) is 5.91 Å². The quantitative estimate of drug-likeness (QED) is 0.351. The maximum atomic E-state index is 13.0. The summed E-state index contributed by atoms with van der Waals surface area (Å²) in [7, 11) is 1.54. The number of hydrogen-bond donors (Lipinski definition) is 1. The Morgan fingerprint density at radius 1 is 1.08 bits per heavy atom. The summed E-state index contributed by atoms with van der Waals surface area (Å²) in [6, 6.07) is 12.4. The van der Waals surface area contributed by atoms with Crippen molar-refractivity contribution < 1.29 is 37.0 Å². The number of para-hydroxylation sites is 1. The van der Waals surface area contributed by atoms with E-state index in [1.54, 1.807) is 41.7 Å². The van der Waals surface area contributed by atoms with Gasteiger partial charge in [0.1, 0.15) is 18.1 Å². The van der Waals surface area contributed by atoms with Crippen molar-refractivity contribution in [2.45, 2.75) is 25.1 Å². The lowest BCUT2D eigenvalue weighted by atomic mass is 9.98. The summed E-state index contributed by atoms with van der Waals surface area (Å²) in [5.41, 5.74) is 2.02. The molecule has 0 saturated carbocycles. The Labute approximate surface area is 221 Å². The molecule has 0 radical (unpaired) electrons. The molecule has 1 fully saturated rings. The van der Waals surface area contributed by atoms with E-state index in [1.165, 1.54) is 35.6 Å². The topological polar surface area (TPSA) is 90.0 Å². The number of halogens is 3. The zero-order chi connectivity index (χ0) is 27.1. The first-order valence-corrected chi connectivity index (χ1v) is 12.7. The second kappa shape index (κ2) is 12.3. The van der Waals surface area contributed by atoms with E-state index in [0.29, 0.717) is 49.4 Å². The van der Waals surface area contributed by atoms with Crippen LogP contribution in [-0.4, -0.2) is 61.7 Å². The molecule has 1 aliphatic heterocycles. The molecule has 4 rings (SSSR count). The number of nitrogens with zero attached hydrogens (tertiary/aromatic N) is 2. The summed E-state index contributed by atoms with van der Waals surface area (Å²) in [5, 5.41) is 5.38. The van der Waals surface area contributed by atoms with Gasteiger partial charge < -0.3 is 24.4 Å². The van der Waals surface area contributed by atoms with Crippen molar-refractivity contribution in [2.75, 3.05) is 38.7 Å². The zero-order valence-electron chi connectivity index (χ0n) is 20.5. The van der Waals surface area contributed by atoms with Gasteiger partial charge >= 0.3 is 12.5 Å². The summed E-state index contributed by atoms with van der Waals surface area (Å²) in [4.78, 5) is 31.3. The highest BCUT2D eigenvalue weighted by molar-refractivity contribution is 7.10. The Hall–Kier alpha value is -3.64. The number of hydrogen-bond acceptors (Lipinski definition) is 7. The molecule has 8 nitrogen and oxygen atoms in total. The fourth-order valence-corrected chi connectivity index (χ4v) is 5.03. The van der Waals surface area contributed by atoms with Crippen LogP contribution in [-0.2, 0) is 9.47 Å². The number of rotatable bonds is 8. The summed E-state index contributed by atoms with van der Waals surface area (Å²) < 4.78 is 51.3. The van der Waals surface area contributed by atoms with E-state index in [9.17, 15) is 22.8 Å². The van der Waals surface area contributed by atoms with Crippen molar-refractivity contribution in [2.24, 2.45) is 0 Å². The van der Waals surface area contributed by atoms with Gasteiger partial charge in [0.05, 0.1) is 11.6 Å². The van der Waals surface area contributed by atoms with Crippen molar-refractivity contribution in [3.8, 4) is 16.9 Å². The second-order valence-electron chi connectivity index (χ2n) is 8.51. The Morgan fingerprint density at radius 3 is 2.47 bits per heavy atom. The standard InChI is InChI=1S/C26H26F3N3O5S/c1-35-14-15-36-25(34)32-12-10-18(11-13-32)24-31-22(16-38-24)23(33)30-21-5-3-2-4-20(21)17-6-8-19(9-7-17)37-26(27,28)29/h2-9,16,18H,10-15H2,1H3,(H,30,33). The summed E-state index contributed by atoms with van der Waals surface area (Å²) >= 11 is 1.40. The Balaban J connectivity index is 1.37. The smallest absolute Gasteiger partial charge is 0.447 e. The van der Waals surface area contributed by atoms with E-state index < -0.39 is 12.3 Å². The van der Waals surface area contributed by atoms with Gasteiger partial charge in [-0.2, -0.15) is 0 Å². The number of carbonyl (C=O) groups is 2. The van der Waals surface area contributed by atoms with Crippen molar-refractivity contribution >= 4 is 29.0 Å². The van der Waals surface area contributed by atoms with Crippen LogP contribution in [0.2, 0.25) is 0 Å². The van der Waals surface area contributed by atoms with Gasteiger partial charge in [0.15, 0.2) is 0 Å². The Bertz CT molecular complexity index is 1240. The van der Waals surface area contributed by atoms with Crippen molar-refractivity contribution in [1.82, 2.24) is 9.88 Å². The molecule has 0 atom stereocenters. The number of nitrogens with one attached hydrogen (secondary N) is 1. The van der Waals surface area contributed by atoms with Crippen LogP contribution >= 0.6 is 11.3 Å². The molecule has 2 aromatic carbocycles. The van der Waals surface area contributed by atoms with Crippen LogP contribution in [0.1, 0.15) is 34.3 Å². The summed E-state index contributed by atoms with van der Waals surface area (Å²) in [6.07, 6.45) is -3.71. The number of amides is 2. The number of carbonyl (C=O) groups excluding carboxylic acids is 2. The molecular weight excluding hydrogens is 523 g/mol. The molecule has 1 aromatic heterocycles. The van der Waals surface area contributed by atoms with E-state index in [0.717, 1.165) is 5.01 Å².